The molecule has 1 aromatic carbocycles. The number of primary amides is 1. The standard InChI is InChI=1S/C16H18F2N4O2/c17-12-4-13(18)6-15(5-12)22-3-1-2-14(22)9-21-8-11(7-20-21)10-24-16(19)23/h4-8,14H,1-3,9-10H2,(H2,19,23)/t14-/m0/s1. The van der Waals surface area contributed by atoms with Crippen molar-refractivity contribution in [1.82, 2.24) is 9.78 Å². The fourth-order valence-corrected chi connectivity index (χ4v) is 3.02. The number of nitrogens with zero attached hydrogens (tertiary/aromatic N) is 3. The average molecular weight is 336 g/mol. The molecule has 3 rings (SSSR count). The molecule has 1 saturated heterocycles. The lowest BCUT2D eigenvalue weighted by atomic mass is 10.2. The van der Waals surface area contributed by atoms with Crippen LogP contribution in [-0.4, -0.2) is 28.5 Å². The van der Waals surface area contributed by atoms with Crippen molar-refractivity contribution in [1.29, 1.82) is 0 Å². The van der Waals surface area contributed by atoms with E-state index < -0.39 is 17.7 Å². The molecule has 2 heterocycles. The summed E-state index contributed by atoms with van der Waals surface area (Å²) in [6, 6.07) is 3.65. The van der Waals surface area contributed by atoms with E-state index in [0.29, 0.717) is 12.2 Å². The van der Waals surface area contributed by atoms with Crippen LogP contribution < -0.4 is 10.6 Å². The van der Waals surface area contributed by atoms with Crippen molar-refractivity contribution in [3.05, 3.63) is 47.8 Å². The first kappa shape index (κ1) is 16.2. The van der Waals surface area contributed by atoms with Crippen LogP contribution in [0.1, 0.15) is 18.4 Å². The van der Waals surface area contributed by atoms with Crippen LogP contribution in [0.15, 0.2) is 30.6 Å². The topological polar surface area (TPSA) is 73.4 Å². The van der Waals surface area contributed by atoms with Gasteiger partial charge in [-0.15, -0.1) is 0 Å². The maximum Gasteiger partial charge on any atom is 0.404 e. The summed E-state index contributed by atoms with van der Waals surface area (Å²) in [6.07, 6.45) is 4.39. The minimum atomic E-state index is -0.835. The third-order valence-corrected chi connectivity index (χ3v) is 4.02. The predicted molar refractivity (Wildman–Crippen MR) is 83.3 cm³/mol. The molecule has 0 bridgehead atoms. The van der Waals surface area contributed by atoms with Crippen molar-refractivity contribution in [3.63, 3.8) is 0 Å². The number of halogens is 2. The summed E-state index contributed by atoms with van der Waals surface area (Å²) in [7, 11) is 0. The number of carbonyl (C=O) groups is 1. The Morgan fingerprint density at radius 3 is 2.79 bits per heavy atom. The van der Waals surface area contributed by atoms with Gasteiger partial charge >= 0.3 is 6.09 Å². The number of rotatable bonds is 5. The van der Waals surface area contributed by atoms with E-state index in [9.17, 15) is 13.6 Å². The second-order valence-electron chi connectivity index (χ2n) is 5.80. The Labute approximate surface area is 137 Å². The molecule has 0 unspecified atom stereocenters. The first-order chi connectivity index (χ1) is 11.5. The van der Waals surface area contributed by atoms with Crippen LogP contribution in [0.3, 0.4) is 0 Å². The van der Waals surface area contributed by atoms with Gasteiger partial charge in [0.25, 0.3) is 0 Å². The van der Waals surface area contributed by atoms with E-state index in [1.807, 2.05) is 4.90 Å². The SMILES string of the molecule is NC(=O)OCc1cnn(C[C@@H]2CCCN2c2cc(F)cc(F)c2)c1. The molecule has 1 aromatic heterocycles. The van der Waals surface area contributed by atoms with E-state index >= 15 is 0 Å². The number of hydrogen-bond acceptors (Lipinski definition) is 4. The summed E-state index contributed by atoms with van der Waals surface area (Å²) in [5.41, 5.74) is 6.20. The number of hydrogen-bond donors (Lipinski definition) is 1. The molecular weight excluding hydrogens is 318 g/mol. The smallest absolute Gasteiger partial charge is 0.404 e. The fourth-order valence-electron chi connectivity index (χ4n) is 3.02. The Morgan fingerprint density at radius 2 is 2.08 bits per heavy atom. The van der Waals surface area contributed by atoms with Crippen LogP contribution in [0.5, 0.6) is 0 Å². The van der Waals surface area contributed by atoms with E-state index in [4.69, 9.17) is 10.5 Å². The van der Waals surface area contributed by atoms with Gasteiger partial charge in [0.2, 0.25) is 0 Å². The van der Waals surface area contributed by atoms with Crippen molar-refractivity contribution in [2.75, 3.05) is 11.4 Å². The molecule has 1 atom stereocenters. The Balaban J connectivity index is 1.69. The highest BCUT2D eigenvalue weighted by Gasteiger charge is 2.26. The summed E-state index contributed by atoms with van der Waals surface area (Å²) >= 11 is 0. The quantitative estimate of drug-likeness (QED) is 0.910. The summed E-state index contributed by atoms with van der Waals surface area (Å²) in [5.74, 6) is -1.17. The molecule has 0 spiro atoms. The van der Waals surface area contributed by atoms with Crippen molar-refractivity contribution < 1.29 is 18.3 Å². The van der Waals surface area contributed by atoms with Crippen LogP contribution in [0.25, 0.3) is 0 Å². The van der Waals surface area contributed by atoms with Crippen molar-refractivity contribution in [2.24, 2.45) is 5.73 Å². The van der Waals surface area contributed by atoms with E-state index in [1.165, 1.54) is 12.1 Å². The van der Waals surface area contributed by atoms with Gasteiger partial charge in [-0.25, -0.2) is 13.6 Å². The zero-order valence-corrected chi connectivity index (χ0v) is 13.0. The Hall–Kier alpha value is -2.64. The molecule has 1 aliphatic heterocycles. The molecule has 0 radical (unpaired) electrons. The van der Waals surface area contributed by atoms with E-state index in [-0.39, 0.29) is 12.6 Å². The zero-order valence-electron chi connectivity index (χ0n) is 13.0. The van der Waals surface area contributed by atoms with Crippen LogP contribution in [0, 0.1) is 11.6 Å². The van der Waals surface area contributed by atoms with Gasteiger partial charge in [-0.1, -0.05) is 0 Å². The monoisotopic (exact) mass is 336 g/mol. The van der Waals surface area contributed by atoms with Gasteiger partial charge in [-0.3, -0.25) is 4.68 Å². The van der Waals surface area contributed by atoms with Gasteiger partial charge in [0.05, 0.1) is 12.7 Å². The largest absolute Gasteiger partial charge is 0.445 e. The number of anilines is 1. The van der Waals surface area contributed by atoms with Crippen LogP contribution >= 0.6 is 0 Å². The summed E-state index contributed by atoms with van der Waals surface area (Å²) in [6.45, 7) is 1.39. The lowest BCUT2D eigenvalue weighted by Crippen LogP contribution is -2.33. The Kier molecular flexibility index (Phi) is 4.64. The zero-order chi connectivity index (χ0) is 17.1. The molecule has 24 heavy (non-hydrogen) atoms. The summed E-state index contributed by atoms with van der Waals surface area (Å²) < 4.78 is 33.4. The number of benzene rings is 1. The summed E-state index contributed by atoms with van der Waals surface area (Å²) in [5, 5.41) is 4.23. The van der Waals surface area contributed by atoms with Crippen LogP contribution in [-0.2, 0) is 17.9 Å². The van der Waals surface area contributed by atoms with Crippen LogP contribution in [0.4, 0.5) is 19.3 Å². The van der Waals surface area contributed by atoms with E-state index in [2.05, 4.69) is 5.10 Å². The molecule has 1 amide bonds. The predicted octanol–water partition coefficient (Wildman–Crippen LogP) is 2.43. The molecule has 8 heteroatoms. The molecule has 128 valence electrons. The summed E-state index contributed by atoms with van der Waals surface area (Å²) in [4.78, 5) is 12.6. The number of carbonyl (C=O) groups excluding carboxylic acids is 1. The highest BCUT2D eigenvalue weighted by atomic mass is 19.1. The third-order valence-electron chi connectivity index (χ3n) is 4.02. The van der Waals surface area contributed by atoms with E-state index in [0.717, 1.165) is 31.0 Å². The molecule has 2 aromatic rings. The van der Waals surface area contributed by atoms with Gasteiger partial charge in [-0.05, 0) is 25.0 Å². The molecule has 1 aliphatic rings. The lowest BCUT2D eigenvalue weighted by Gasteiger charge is -2.27. The second kappa shape index (κ2) is 6.86. The van der Waals surface area contributed by atoms with Crippen LogP contribution in [0.2, 0.25) is 0 Å². The average Bonchev–Trinajstić information content (AvgIpc) is 3.14. The van der Waals surface area contributed by atoms with Gasteiger partial charge in [0.1, 0.15) is 18.2 Å². The molecule has 1 fully saturated rings. The van der Waals surface area contributed by atoms with Gasteiger partial charge in [-0.2, -0.15) is 5.10 Å². The third kappa shape index (κ3) is 3.81. The van der Waals surface area contributed by atoms with Gasteiger partial charge in [0.15, 0.2) is 0 Å². The number of aromatic nitrogens is 2. The highest BCUT2D eigenvalue weighted by molar-refractivity contribution is 5.64. The Morgan fingerprint density at radius 1 is 1.33 bits per heavy atom. The van der Waals surface area contributed by atoms with Crippen molar-refractivity contribution in [3.8, 4) is 0 Å². The van der Waals surface area contributed by atoms with E-state index in [1.54, 1.807) is 17.1 Å². The molecule has 0 saturated carbocycles. The lowest BCUT2D eigenvalue weighted by molar-refractivity contribution is 0.150. The first-order valence-electron chi connectivity index (χ1n) is 7.67. The van der Waals surface area contributed by atoms with Gasteiger partial charge < -0.3 is 15.4 Å². The maximum atomic E-state index is 13.5. The highest BCUT2D eigenvalue weighted by Crippen LogP contribution is 2.27. The molecular formula is C16H18F2N4O2. The van der Waals surface area contributed by atoms with Crippen molar-refractivity contribution >= 4 is 11.8 Å². The second-order valence-corrected chi connectivity index (χ2v) is 5.80. The molecule has 2 N–H and O–H groups in total. The number of amides is 1. The van der Waals surface area contributed by atoms with Crippen molar-refractivity contribution in [2.45, 2.75) is 32.0 Å². The first-order valence-corrected chi connectivity index (χ1v) is 7.67. The minimum Gasteiger partial charge on any atom is -0.445 e. The normalized spacial score (nSPS) is 17.2. The number of nitrogens with two attached hydrogens (primary N) is 1. The fraction of sp³-hybridized carbons (Fsp3) is 0.375. The number of ether oxygens (including phenoxy) is 1. The molecule has 0 aliphatic carbocycles. The molecule has 6 nitrogen and oxygen atoms in total. The minimum absolute atomic E-state index is 0.0683. The maximum absolute atomic E-state index is 13.5. The Bertz CT molecular complexity index is 714. The van der Waals surface area contributed by atoms with Gasteiger partial charge in [0, 0.05) is 36.1 Å².